The van der Waals surface area contributed by atoms with E-state index in [-0.39, 0.29) is 6.42 Å². The highest BCUT2D eigenvalue weighted by atomic mass is 31.1. The molecule has 0 saturated heterocycles. The van der Waals surface area contributed by atoms with E-state index in [9.17, 15) is 13.8 Å². The molecular weight excluding hydrogens is 234 g/mol. The van der Waals surface area contributed by atoms with Crippen LogP contribution in [0.2, 0.25) is 0 Å². The van der Waals surface area contributed by atoms with Crippen molar-refractivity contribution in [2.45, 2.75) is 45.7 Å². The molecular formula is C10H20FO4P. The van der Waals surface area contributed by atoms with Crippen LogP contribution in [0.4, 0.5) is 4.39 Å². The molecule has 0 heterocycles. The molecule has 0 amide bonds. The number of hydrogen-bond donors (Lipinski definition) is 1. The topological polar surface area (TPSA) is 63.6 Å². The second kappa shape index (κ2) is 7.15. The van der Waals surface area contributed by atoms with Crippen LogP contribution in [-0.4, -0.2) is 23.0 Å². The van der Waals surface area contributed by atoms with E-state index < -0.39 is 26.3 Å². The fraction of sp³-hybridized carbons (Fsp3) is 0.900. The standard InChI is InChI=1S/C10H20FO4P/c1-8(2)5-4-6-10(3,11)9(12)7-15-16(13)14/h8,16H,4-7H2,1-3H3,(H,13,14). The minimum atomic E-state index is -3.16. The molecule has 0 radical (unpaired) electrons. The van der Waals surface area contributed by atoms with Gasteiger partial charge in [0, 0.05) is 0 Å². The zero-order valence-corrected chi connectivity index (χ0v) is 11.0. The second-order valence-corrected chi connectivity index (χ2v) is 5.28. The van der Waals surface area contributed by atoms with Crippen LogP contribution in [-0.2, 0) is 13.9 Å². The number of halogens is 1. The molecule has 0 aromatic rings. The maximum absolute atomic E-state index is 13.8. The Balaban J connectivity index is 4.00. The molecule has 0 aliphatic heterocycles. The van der Waals surface area contributed by atoms with Gasteiger partial charge in [0.1, 0.15) is 6.61 Å². The maximum Gasteiger partial charge on any atom is 0.317 e. The van der Waals surface area contributed by atoms with E-state index >= 15 is 0 Å². The second-order valence-electron chi connectivity index (χ2n) is 4.46. The van der Waals surface area contributed by atoms with Crippen molar-refractivity contribution < 1.29 is 23.2 Å². The molecule has 6 heteroatoms. The number of carbonyl (C=O) groups is 1. The fourth-order valence-electron chi connectivity index (χ4n) is 1.26. The number of carbonyl (C=O) groups excluding carboxylic acids is 1. The lowest BCUT2D eigenvalue weighted by molar-refractivity contribution is -0.132. The molecule has 0 aliphatic rings. The highest BCUT2D eigenvalue weighted by Crippen LogP contribution is 2.23. The highest BCUT2D eigenvalue weighted by Gasteiger charge is 2.32. The first-order chi connectivity index (χ1) is 7.25. The Hall–Kier alpha value is -0.250. The number of Topliss-reactive ketones (excluding diaryl/α,β-unsaturated/α-hetero) is 1. The molecule has 0 aromatic heterocycles. The first-order valence-corrected chi connectivity index (χ1v) is 6.60. The summed E-state index contributed by atoms with van der Waals surface area (Å²) in [5.41, 5.74) is -1.97. The Bertz CT molecular complexity index is 253. The van der Waals surface area contributed by atoms with Crippen LogP contribution in [0.1, 0.15) is 40.0 Å². The Morgan fingerprint density at radius 1 is 1.56 bits per heavy atom. The van der Waals surface area contributed by atoms with Gasteiger partial charge in [0.15, 0.2) is 11.5 Å². The SMILES string of the molecule is CC(C)CCCC(C)(F)C(=O)CO[PH](=O)O. The molecule has 2 unspecified atom stereocenters. The van der Waals surface area contributed by atoms with Gasteiger partial charge in [0.25, 0.3) is 0 Å². The van der Waals surface area contributed by atoms with E-state index in [4.69, 9.17) is 4.89 Å². The molecule has 0 aromatic carbocycles. The van der Waals surface area contributed by atoms with Crippen LogP contribution >= 0.6 is 8.25 Å². The molecule has 96 valence electrons. The van der Waals surface area contributed by atoms with Gasteiger partial charge in [-0.2, -0.15) is 0 Å². The molecule has 0 bridgehead atoms. The maximum atomic E-state index is 13.8. The summed E-state index contributed by atoms with van der Waals surface area (Å²) in [5, 5.41) is 0. The minimum Gasteiger partial charge on any atom is -0.326 e. The van der Waals surface area contributed by atoms with Crippen LogP contribution < -0.4 is 0 Å². The van der Waals surface area contributed by atoms with Gasteiger partial charge in [-0.3, -0.25) is 9.36 Å². The smallest absolute Gasteiger partial charge is 0.317 e. The molecule has 0 aliphatic carbocycles. The van der Waals surface area contributed by atoms with Crippen molar-refractivity contribution in [3.63, 3.8) is 0 Å². The van der Waals surface area contributed by atoms with Crippen LogP contribution in [0.3, 0.4) is 0 Å². The van der Waals surface area contributed by atoms with Crippen LogP contribution in [0, 0.1) is 5.92 Å². The van der Waals surface area contributed by atoms with Crippen molar-refractivity contribution in [1.82, 2.24) is 0 Å². The van der Waals surface area contributed by atoms with E-state index in [0.717, 1.165) is 6.42 Å². The van der Waals surface area contributed by atoms with Crippen molar-refractivity contribution in [2.75, 3.05) is 6.61 Å². The van der Waals surface area contributed by atoms with Crippen molar-refractivity contribution in [3.05, 3.63) is 0 Å². The predicted octanol–water partition coefficient (Wildman–Crippen LogP) is 2.51. The lowest BCUT2D eigenvalue weighted by Crippen LogP contribution is -2.33. The number of alkyl halides is 1. The third-order valence-corrected chi connectivity index (χ3v) is 2.73. The lowest BCUT2D eigenvalue weighted by atomic mass is 9.94. The van der Waals surface area contributed by atoms with Gasteiger partial charge in [-0.15, -0.1) is 0 Å². The van der Waals surface area contributed by atoms with Crippen molar-refractivity contribution in [2.24, 2.45) is 5.92 Å². The van der Waals surface area contributed by atoms with Crippen molar-refractivity contribution in [1.29, 1.82) is 0 Å². The first kappa shape index (κ1) is 15.8. The van der Waals surface area contributed by atoms with E-state index in [2.05, 4.69) is 4.52 Å². The van der Waals surface area contributed by atoms with Gasteiger partial charge >= 0.3 is 8.25 Å². The molecule has 4 nitrogen and oxygen atoms in total. The summed E-state index contributed by atoms with van der Waals surface area (Å²) in [6.45, 7) is 4.60. The van der Waals surface area contributed by atoms with E-state index in [1.165, 1.54) is 6.92 Å². The fourth-order valence-corrected chi connectivity index (χ4v) is 1.51. The molecule has 1 N–H and O–H groups in total. The quantitative estimate of drug-likeness (QED) is 0.676. The summed E-state index contributed by atoms with van der Waals surface area (Å²) in [7, 11) is -3.16. The summed E-state index contributed by atoms with van der Waals surface area (Å²) in [6.07, 6.45) is 1.59. The molecule has 0 fully saturated rings. The van der Waals surface area contributed by atoms with Crippen LogP contribution in [0.5, 0.6) is 0 Å². The van der Waals surface area contributed by atoms with Gasteiger partial charge in [-0.1, -0.05) is 20.3 Å². The van der Waals surface area contributed by atoms with Gasteiger partial charge in [0.2, 0.25) is 0 Å². The Labute approximate surface area is 96.1 Å². The van der Waals surface area contributed by atoms with E-state index in [0.29, 0.717) is 12.3 Å². The van der Waals surface area contributed by atoms with Crippen molar-refractivity contribution in [3.8, 4) is 0 Å². The van der Waals surface area contributed by atoms with E-state index in [1.807, 2.05) is 13.8 Å². The largest absolute Gasteiger partial charge is 0.326 e. The Kier molecular flexibility index (Phi) is 7.04. The van der Waals surface area contributed by atoms with Gasteiger partial charge in [-0.25, -0.2) is 4.39 Å². The Morgan fingerprint density at radius 2 is 2.12 bits per heavy atom. The van der Waals surface area contributed by atoms with Crippen molar-refractivity contribution >= 4 is 14.0 Å². The number of rotatable bonds is 8. The first-order valence-electron chi connectivity index (χ1n) is 5.33. The molecule has 2 atom stereocenters. The van der Waals surface area contributed by atoms with Gasteiger partial charge in [0.05, 0.1) is 0 Å². The van der Waals surface area contributed by atoms with Gasteiger partial charge < -0.3 is 9.42 Å². The van der Waals surface area contributed by atoms with Crippen LogP contribution in [0.25, 0.3) is 0 Å². The summed E-state index contributed by atoms with van der Waals surface area (Å²) in [6, 6.07) is 0. The predicted molar refractivity (Wildman–Crippen MR) is 60.4 cm³/mol. The lowest BCUT2D eigenvalue weighted by Gasteiger charge is -2.18. The zero-order valence-electron chi connectivity index (χ0n) is 9.96. The summed E-state index contributed by atoms with van der Waals surface area (Å²) >= 11 is 0. The highest BCUT2D eigenvalue weighted by molar-refractivity contribution is 7.32. The minimum absolute atomic E-state index is 0.125. The summed E-state index contributed by atoms with van der Waals surface area (Å²) in [4.78, 5) is 19.7. The normalized spacial score (nSPS) is 17.1. The molecule has 16 heavy (non-hydrogen) atoms. The third-order valence-electron chi connectivity index (χ3n) is 2.34. The summed E-state index contributed by atoms with van der Waals surface area (Å²) in [5.74, 6) is -0.306. The average molecular weight is 254 g/mol. The molecule has 0 saturated carbocycles. The summed E-state index contributed by atoms with van der Waals surface area (Å²) < 4.78 is 28.2. The van der Waals surface area contributed by atoms with Crippen LogP contribution in [0.15, 0.2) is 0 Å². The molecule has 0 spiro atoms. The Morgan fingerprint density at radius 3 is 2.56 bits per heavy atom. The zero-order chi connectivity index (χ0) is 12.8. The average Bonchev–Trinajstić information content (AvgIpc) is 2.12. The monoisotopic (exact) mass is 254 g/mol. The van der Waals surface area contributed by atoms with E-state index in [1.54, 1.807) is 0 Å². The number of ketones is 1. The third kappa shape index (κ3) is 7.09. The number of hydrogen-bond acceptors (Lipinski definition) is 3. The van der Waals surface area contributed by atoms with Gasteiger partial charge in [-0.05, 0) is 25.7 Å². The molecule has 0 rings (SSSR count).